The number of aromatic nitrogens is 1. The van der Waals surface area contributed by atoms with Crippen LogP contribution in [0, 0.1) is 0 Å². The number of nitrogens with one attached hydrogen (secondary N) is 1. The summed E-state index contributed by atoms with van der Waals surface area (Å²) in [6.45, 7) is 4.23. The fraction of sp³-hybridized carbons (Fsp3) is 0.350. The van der Waals surface area contributed by atoms with E-state index >= 15 is 0 Å². The molecule has 2 amide bonds. The average Bonchev–Trinajstić information content (AvgIpc) is 2.73. The Morgan fingerprint density at radius 3 is 2.43 bits per heavy atom. The summed E-state index contributed by atoms with van der Waals surface area (Å²) >= 11 is 0. The molecule has 2 aromatic rings. The Morgan fingerprint density at radius 1 is 1.04 bits per heavy atom. The molecule has 1 saturated heterocycles. The molecule has 0 atom stereocenters. The number of hydrogen-bond donors (Lipinski definition) is 1. The Morgan fingerprint density at radius 2 is 1.79 bits per heavy atom. The van der Waals surface area contributed by atoms with Gasteiger partial charge in [-0.25, -0.2) is 4.98 Å². The van der Waals surface area contributed by atoms with Gasteiger partial charge in [-0.2, -0.15) is 0 Å². The summed E-state index contributed by atoms with van der Waals surface area (Å²) in [5, 5.41) is 2.86. The van der Waals surface area contributed by atoms with Crippen LogP contribution in [0.4, 0.5) is 11.5 Å². The molecule has 8 nitrogen and oxygen atoms in total. The van der Waals surface area contributed by atoms with Gasteiger partial charge in [0.25, 0.3) is 5.91 Å². The lowest BCUT2D eigenvalue weighted by atomic mass is 10.2. The largest absolute Gasteiger partial charge is 0.497 e. The van der Waals surface area contributed by atoms with Gasteiger partial charge in [-0.15, -0.1) is 0 Å². The first-order valence-electron chi connectivity index (χ1n) is 9.01. The Bertz CT molecular complexity index is 863. The Balaban J connectivity index is 1.74. The highest BCUT2D eigenvalue weighted by molar-refractivity contribution is 6.05. The summed E-state index contributed by atoms with van der Waals surface area (Å²) in [7, 11) is 3.11. The molecule has 2 heterocycles. The van der Waals surface area contributed by atoms with Crippen LogP contribution in [0.5, 0.6) is 11.5 Å². The zero-order chi connectivity index (χ0) is 20.1. The summed E-state index contributed by atoms with van der Waals surface area (Å²) in [5.41, 5.74) is 1.02. The van der Waals surface area contributed by atoms with E-state index in [1.165, 1.54) is 0 Å². The number of nitrogens with zero attached hydrogens (tertiary/aromatic N) is 3. The van der Waals surface area contributed by atoms with Gasteiger partial charge in [0, 0.05) is 50.9 Å². The molecule has 0 bridgehead atoms. The molecule has 1 aliphatic heterocycles. The molecule has 8 heteroatoms. The van der Waals surface area contributed by atoms with Crippen molar-refractivity contribution >= 4 is 23.3 Å². The van der Waals surface area contributed by atoms with Crippen LogP contribution in [-0.2, 0) is 4.79 Å². The van der Waals surface area contributed by atoms with Gasteiger partial charge < -0.3 is 24.6 Å². The van der Waals surface area contributed by atoms with Gasteiger partial charge >= 0.3 is 0 Å². The topological polar surface area (TPSA) is 84.0 Å². The summed E-state index contributed by atoms with van der Waals surface area (Å²) in [5.74, 6) is 1.69. The number of methoxy groups -OCH3 is 2. The van der Waals surface area contributed by atoms with Crippen LogP contribution in [0.25, 0.3) is 0 Å². The Hall–Kier alpha value is -3.29. The summed E-state index contributed by atoms with van der Waals surface area (Å²) < 4.78 is 10.5. The first-order valence-corrected chi connectivity index (χ1v) is 9.01. The van der Waals surface area contributed by atoms with Gasteiger partial charge in [0.1, 0.15) is 17.3 Å². The fourth-order valence-corrected chi connectivity index (χ4v) is 3.09. The minimum absolute atomic E-state index is 0.0768. The van der Waals surface area contributed by atoms with E-state index in [-0.39, 0.29) is 11.8 Å². The van der Waals surface area contributed by atoms with Crippen molar-refractivity contribution in [1.29, 1.82) is 0 Å². The van der Waals surface area contributed by atoms with Crippen molar-refractivity contribution in [3.8, 4) is 11.5 Å². The van der Waals surface area contributed by atoms with Gasteiger partial charge in [-0.3, -0.25) is 9.59 Å². The highest BCUT2D eigenvalue weighted by atomic mass is 16.5. The quantitative estimate of drug-likeness (QED) is 0.849. The van der Waals surface area contributed by atoms with Crippen molar-refractivity contribution in [2.45, 2.75) is 6.92 Å². The van der Waals surface area contributed by atoms with Gasteiger partial charge in [0.15, 0.2) is 0 Å². The van der Waals surface area contributed by atoms with Crippen LogP contribution >= 0.6 is 0 Å². The van der Waals surface area contributed by atoms with Crippen LogP contribution < -0.4 is 19.7 Å². The molecule has 0 aliphatic carbocycles. The number of amides is 2. The van der Waals surface area contributed by atoms with Crippen LogP contribution in [0.2, 0.25) is 0 Å². The maximum absolute atomic E-state index is 12.8. The van der Waals surface area contributed by atoms with E-state index in [0.717, 1.165) is 0 Å². The third kappa shape index (κ3) is 4.33. The van der Waals surface area contributed by atoms with Crippen LogP contribution in [0.1, 0.15) is 17.3 Å². The van der Waals surface area contributed by atoms with Crippen LogP contribution in [-0.4, -0.2) is 62.1 Å². The molecule has 1 aromatic carbocycles. The lowest BCUT2D eigenvalue weighted by molar-refractivity contribution is -0.129. The second-order valence-electron chi connectivity index (χ2n) is 6.42. The molecule has 1 aromatic heterocycles. The molecular weight excluding hydrogens is 360 g/mol. The number of piperazine rings is 1. The Labute approximate surface area is 164 Å². The van der Waals surface area contributed by atoms with Crippen molar-refractivity contribution in [1.82, 2.24) is 9.88 Å². The number of hydrogen-bond acceptors (Lipinski definition) is 6. The van der Waals surface area contributed by atoms with E-state index in [9.17, 15) is 9.59 Å². The summed E-state index contributed by atoms with van der Waals surface area (Å²) in [4.78, 5) is 32.5. The van der Waals surface area contributed by atoms with E-state index < -0.39 is 0 Å². The predicted octanol–water partition coefficient (Wildman–Crippen LogP) is 2.02. The van der Waals surface area contributed by atoms with Gasteiger partial charge in [0.2, 0.25) is 5.91 Å². The average molecular weight is 384 g/mol. The van der Waals surface area contributed by atoms with Crippen LogP contribution in [0.3, 0.4) is 0 Å². The fourth-order valence-electron chi connectivity index (χ4n) is 3.09. The SMILES string of the molecule is COc1ccc(OC)c(NC(=O)c2ccnc(N3CCN(C(C)=O)CC3)c2)c1. The van der Waals surface area contributed by atoms with Crippen molar-refractivity contribution in [2.24, 2.45) is 0 Å². The molecule has 0 saturated carbocycles. The normalized spacial score (nSPS) is 13.8. The van der Waals surface area contributed by atoms with Crippen LogP contribution in [0.15, 0.2) is 36.5 Å². The molecule has 0 spiro atoms. The number of carbonyl (C=O) groups excluding carboxylic acids is 2. The molecule has 28 heavy (non-hydrogen) atoms. The highest BCUT2D eigenvalue weighted by Crippen LogP contribution is 2.29. The van der Waals surface area contributed by atoms with Crippen molar-refractivity contribution in [2.75, 3.05) is 50.6 Å². The number of ether oxygens (including phenoxy) is 2. The Kier molecular flexibility index (Phi) is 5.98. The van der Waals surface area contributed by atoms with E-state index in [1.807, 2.05) is 4.90 Å². The summed E-state index contributed by atoms with van der Waals surface area (Å²) in [6.07, 6.45) is 1.62. The van der Waals surface area contributed by atoms with E-state index in [0.29, 0.717) is 54.7 Å². The molecular formula is C20H24N4O4. The first kappa shape index (κ1) is 19.5. The monoisotopic (exact) mass is 384 g/mol. The third-order valence-electron chi connectivity index (χ3n) is 4.71. The number of rotatable bonds is 5. The van der Waals surface area contributed by atoms with E-state index in [2.05, 4.69) is 15.2 Å². The van der Waals surface area contributed by atoms with Gasteiger partial charge in [-0.1, -0.05) is 0 Å². The molecule has 148 valence electrons. The lowest BCUT2D eigenvalue weighted by Crippen LogP contribution is -2.48. The molecule has 0 unspecified atom stereocenters. The van der Waals surface area contributed by atoms with E-state index in [4.69, 9.17) is 9.47 Å². The zero-order valence-corrected chi connectivity index (χ0v) is 16.3. The predicted molar refractivity (Wildman–Crippen MR) is 106 cm³/mol. The second kappa shape index (κ2) is 8.60. The standard InChI is InChI=1S/C20H24N4O4/c1-14(25)23-8-10-24(11-9-23)19-12-15(6-7-21-19)20(26)22-17-13-16(27-2)4-5-18(17)28-3/h4-7,12-13H,8-11H2,1-3H3,(H,22,26). The summed E-state index contributed by atoms with van der Waals surface area (Å²) in [6, 6.07) is 8.63. The second-order valence-corrected chi connectivity index (χ2v) is 6.42. The molecule has 3 rings (SSSR count). The maximum Gasteiger partial charge on any atom is 0.255 e. The lowest BCUT2D eigenvalue weighted by Gasteiger charge is -2.35. The van der Waals surface area contributed by atoms with Gasteiger partial charge in [-0.05, 0) is 24.3 Å². The minimum atomic E-state index is -0.266. The van der Waals surface area contributed by atoms with Crippen molar-refractivity contribution in [3.05, 3.63) is 42.1 Å². The zero-order valence-electron chi connectivity index (χ0n) is 16.3. The molecule has 1 N–H and O–H groups in total. The maximum atomic E-state index is 12.8. The highest BCUT2D eigenvalue weighted by Gasteiger charge is 2.20. The first-order chi connectivity index (χ1) is 13.5. The number of anilines is 2. The molecule has 1 aliphatic rings. The smallest absolute Gasteiger partial charge is 0.255 e. The van der Waals surface area contributed by atoms with Crippen molar-refractivity contribution < 1.29 is 19.1 Å². The van der Waals surface area contributed by atoms with Gasteiger partial charge in [0.05, 0.1) is 19.9 Å². The van der Waals surface area contributed by atoms with E-state index in [1.54, 1.807) is 57.7 Å². The number of benzene rings is 1. The minimum Gasteiger partial charge on any atom is -0.497 e. The number of pyridine rings is 1. The van der Waals surface area contributed by atoms with Crippen molar-refractivity contribution in [3.63, 3.8) is 0 Å². The molecule has 1 fully saturated rings. The molecule has 0 radical (unpaired) electrons. The number of carbonyl (C=O) groups is 2. The third-order valence-corrected chi connectivity index (χ3v) is 4.71.